The molecule has 1 saturated heterocycles. The fraction of sp³-hybridized carbons (Fsp3) is 0.500. The maximum absolute atomic E-state index is 12.0. The number of rotatable bonds is 4. The molecular weight excluding hydrogens is 270 g/mol. The lowest BCUT2D eigenvalue weighted by molar-refractivity contribution is -0.117. The SMILES string of the molecule is Cc1cc(NC(=O)CN2CCC[C@@H](c3ccn[nH]3)C2)on1. The van der Waals surface area contributed by atoms with Gasteiger partial charge in [-0.3, -0.25) is 20.1 Å². The van der Waals surface area contributed by atoms with E-state index in [1.165, 1.54) is 0 Å². The molecule has 2 aromatic heterocycles. The van der Waals surface area contributed by atoms with Gasteiger partial charge in [0.25, 0.3) is 0 Å². The zero-order valence-electron chi connectivity index (χ0n) is 12.0. The van der Waals surface area contributed by atoms with E-state index in [2.05, 4.69) is 25.6 Å². The number of carbonyl (C=O) groups excluding carboxylic acids is 1. The molecule has 1 fully saturated rings. The maximum atomic E-state index is 12.0. The number of amides is 1. The molecule has 2 aromatic rings. The monoisotopic (exact) mass is 289 g/mol. The summed E-state index contributed by atoms with van der Waals surface area (Å²) in [5, 5.41) is 13.5. The third-order valence-electron chi connectivity index (χ3n) is 3.73. The molecule has 0 spiro atoms. The van der Waals surface area contributed by atoms with E-state index in [0.717, 1.165) is 37.3 Å². The Morgan fingerprint density at radius 1 is 1.62 bits per heavy atom. The number of likely N-dealkylation sites (tertiary alicyclic amines) is 1. The van der Waals surface area contributed by atoms with Crippen molar-refractivity contribution in [1.82, 2.24) is 20.3 Å². The summed E-state index contributed by atoms with van der Waals surface area (Å²) in [6, 6.07) is 3.72. The fourth-order valence-electron chi connectivity index (χ4n) is 2.75. The topological polar surface area (TPSA) is 87.0 Å². The van der Waals surface area contributed by atoms with Crippen molar-refractivity contribution in [2.24, 2.45) is 0 Å². The van der Waals surface area contributed by atoms with Crippen molar-refractivity contribution in [2.75, 3.05) is 25.0 Å². The fourth-order valence-corrected chi connectivity index (χ4v) is 2.75. The molecule has 112 valence electrons. The number of carbonyl (C=O) groups is 1. The van der Waals surface area contributed by atoms with E-state index in [9.17, 15) is 4.79 Å². The number of anilines is 1. The highest BCUT2D eigenvalue weighted by Crippen LogP contribution is 2.25. The molecule has 3 rings (SSSR count). The maximum Gasteiger partial charge on any atom is 0.240 e. The van der Waals surface area contributed by atoms with Gasteiger partial charge in [0.2, 0.25) is 11.8 Å². The molecule has 2 N–H and O–H groups in total. The second-order valence-electron chi connectivity index (χ2n) is 5.47. The molecule has 0 aromatic carbocycles. The van der Waals surface area contributed by atoms with Crippen LogP contribution in [0.25, 0.3) is 0 Å². The average Bonchev–Trinajstić information content (AvgIpc) is 3.11. The van der Waals surface area contributed by atoms with Gasteiger partial charge in [0.1, 0.15) is 0 Å². The number of H-pyrrole nitrogens is 1. The summed E-state index contributed by atoms with van der Waals surface area (Å²) in [5.74, 6) is 0.748. The summed E-state index contributed by atoms with van der Waals surface area (Å²) in [6.45, 7) is 3.99. The first kappa shape index (κ1) is 13.8. The van der Waals surface area contributed by atoms with Crippen LogP contribution in [0.5, 0.6) is 0 Å². The Bertz CT molecular complexity index is 592. The van der Waals surface area contributed by atoms with Crippen LogP contribution in [0, 0.1) is 6.92 Å². The minimum atomic E-state index is -0.0728. The molecule has 3 heterocycles. The number of nitrogens with one attached hydrogen (secondary N) is 2. The van der Waals surface area contributed by atoms with Gasteiger partial charge in [-0.25, -0.2) is 0 Å². The molecule has 1 amide bonds. The first-order valence-corrected chi connectivity index (χ1v) is 7.15. The van der Waals surface area contributed by atoms with Crippen LogP contribution in [0.3, 0.4) is 0 Å². The van der Waals surface area contributed by atoms with Gasteiger partial charge in [0.15, 0.2) is 0 Å². The molecular formula is C14H19N5O2. The van der Waals surface area contributed by atoms with Crippen molar-refractivity contribution in [1.29, 1.82) is 0 Å². The molecule has 0 bridgehead atoms. The van der Waals surface area contributed by atoms with Gasteiger partial charge < -0.3 is 4.52 Å². The van der Waals surface area contributed by atoms with E-state index in [4.69, 9.17) is 4.52 Å². The summed E-state index contributed by atoms with van der Waals surface area (Å²) in [5.41, 5.74) is 1.90. The Morgan fingerprint density at radius 3 is 3.24 bits per heavy atom. The normalized spacial score (nSPS) is 19.6. The summed E-state index contributed by atoms with van der Waals surface area (Å²) in [6.07, 6.45) is 3.98. The molecule has 7 nitrogen and oxygen atoms in total. The van der Waals surface area contributed by atoms with E-state index in [1.54, 1.807) is 12.3 Å². The van der Waals surface area contributed by atoms with Crippen molar-refractivity contribution in [2.45, 2.75) is 25.7 Å². The summed E-state index contributed by atoms with van der Waals surface area (Å²) in [7, 11) is 0. The lowest BCUT2D eigenvalue weighted by Crippen LogP contribution is -2.39. The smallest absolute Gasteiger partial charge is 0.240 e. The van der Waals surface area contributed by atoms with Crippen LogP contribution in [0.15, 0.2) is 22.9 Å². The molecule has 7 heteroatoms. The highest BCUT2D eigenvalue weighted by atomic mass is 16.5. The van der Waals surface area contributed by atoms with Crippen LogP contribution >= 0.6 is 0 Å². The highest BCUT2D eigenvalue weighted by Gasteiger charge is 2.23. The van der Waals surface area contributed by atoms with E-state index < -0.39 is 0 Å². The van der Waals surface area contributed by atoms with Crippen LogP contribution in [0.4, 0.5) is 5.88 Å². The van der Waals surface area contributed by atoms with Gasteiger partial charge in [-0.15, -0.1) is 0 Å². The van der Waals surface area contributed by atoms with E-state index >= 15 is 0 Å². The molecule has 1 atom stereocenters. The van der Waals surface area contributed by atoms with E-state index in [0.29, 0.717) is 18.3 Å². The minimum absolute atomic E-state index is 0.0728. The molecule has 1 aliphatic heterocycles. The van der Waals surface area contributed by atoms with Crippen molar-refractivity contribution in [3.8, 4) is 0 Å². The Balaban J connectivity index is 1.53. The molecule has 0 aliphatic carbocycles. The number of aryl methyl sites for hydroxylation is 1. The van der Waals surface area contributed by atoms with Crippen LogP contribution in [0.1, 0.15) is 30.1 Å². The number of hydrogen-bond acceptors (Lipinski definition) is 5. The van der Waals surface area contributed by atoms with Crippen molar-refractivity contribution in [3.05, 3.63) is 29.7 Å². The van der Waals surface area contributed by atoms with Crippen LogP contribution in [-0.4, -0.2) is 45.8 Å². The van der Waals surface area contributed by atoms with Gasteiger partial charge >= 0.3 is 0 Å². The van der Waals surface area contributed by atoms with Gasteiger partial charge in [-0.2, -0.15) is 5.10 Å². The standard InChI is InChI=1S/C14H19N5O2/c1-10-7-14(21-18-10)16-13(20)9-19-6-2-3-11(8-19)12-4-5-15-17-12/h4-5,7,11H,2-3,6,8-9H2,1H3,(H,15,17)(H,16,20)/t11-/m1/s1. The Morgan fingerprint density at radius 2 is 2.52 bits per heavy atom. The number of nitrogens with zero attached hydrogens (tertiary/aromatic N) is 3. The average molecular weight is 289 g/mol. The number of hydrogen-bond donors (Lipinski definition) is 2. The predicted molar refractivity (Wildman–Crippen MR) is 76.9 cm³/mol. The zero-order chi connectivity index (χ0) is 14.7. The number of piperidine rings is 1. The van der Waals surface area contributed by atoms with Crippen molar-refractivity contribution < 1.29 is 9.32 Å². The number of aromatic nitrogens is 3. The highest BCUT2D eigenvalue weighted by molar-refractivity contribution is 5.90. The molecule has 0 saturated carbocycles. The summed E-state index contributed by atoms with van der Waals surface area (Å²) in [4.78, 5) is 14.2. The second kappa shape index (κ2) is 6.09. The Hall–Kier alpha value is -2.15. The van der Waals surface area contributed by atoms with Crippen molar-refractivity contribution >= 4 is 11.8 Å². The van der Waals surface area contributed by atoms with Crippen LogP contribution in [-0.2, 0) is 4.79 Å². The summed E-state index contributed by atoms with van der Waals surface area (Å²) >= 11 is 0. The third kappa shape index (κ3) is 3.49. The minimum Gasteiger partial charge on any atom is -0.338 e. The first-order valence-electron chi connectivity index (χ1n) is 7.15. The second-order valence-corrected chi connectivity index (χ2v) is 5.47. The Kier molecular flexibility index (Phi) is 4.01. The Labute approximate surface area is 122 Å². The van der Waals surface area contributed by atoms with Crippen LogP contribution < -0.4 is 5.32 Å². The molecule has 21 heavy (non-hydrogen) atoms. The first-order chi connectivity index (χ1) is 10.2. The third-order valence-corrected chi connectivity index (χ3v) is 3.73. The van der Waals surface area contributed by atoms with Gasteiger partial charge in [-0.1, -0.05) is 5.16 Å². The molecule has 1 aliphatic rings. The van der Waals surface area contributed by atoms with E-state index in [-0.39, 0.29) is 5.91 Å². The molecule has 0 radical (unpaired) electrons. The summed E-state index contributed by atoms with van der Waals surface area (Å²) < 4.78 is 4.99. The number of aromatic amines is 1. The van der Waals surface area contributed by atoms with Gasteiger partial charge in [-0.05, 0) is 32.4 Å². The van der Waals surface area contributed by atoms with E-state index in [1.807, 2.05) is 13.0 Å². The lowest BCUT2D eigenvalue weighted by Gasteiger charge is -2.31. The largest absolute Gasteiger partial charge is 0.338 e. The van der Waals surface area contributed by atoms with Gasteiger partial charge in [0, 0.05) is 30.4 Å². The molecule has 0 unspecified atom stereocenters. The predicted octanol–water partition coefficient (Wildman–Crippen LogP) is 1.52. The quantitative estimate of drug-likeness (QED) is 0.891. The lowest BCUT2D eigenvalue weighted by atomic mass is 9.95. The zero-order valence-corrected chi connectivity index (χ0v) is 12.0. The van der Waals surface area contributed by atoms with Crippen LogP contribution in [0.2, 0.25) is 0 Å². The van der Waals surface area contributed by atoms with Crippen molar-refractivity contribution in [3.63, 3.8) is 0 Å². The van der Waals surface area contributed by atoms with Gasteiger partial charge in [0.05, 0.1) is 12.2 Å².